The van der Waals surface area contributed by atoms with Crippen LogP contribution < -0.4 is 4.90 Å². The summed E-state index contributed by atoms with van der Waals surface area (Å²) in [5.41, 5.74) is 2.34. The van der Waals surface area contributed by atoms with Gasteiger partial charge in [-0.2, -0.15) is 0 Å². The molecule has 3 aromatic rings. The van der Waals surface area contributed by atoms with Gasteiger partial charge in [-0.15, -0.1) is 0 Å². The molecule has 1 N–H and O–H groups in total. The van der Waals surface area contributed by atoms with Crippen LogP contribution in [0.5, 0.6) is 0 Å². The molecule has 1 saturated heterocycles. The van der Waals surface area contributed by atoms with Crippen molar-refractivity contribution in [1.82, 2.24) is 4.98 Å². The van der Waals surface area contributed by atoms with E-state index in [2.05, 4.69) is 4.98 Å². The van der Waals surface area contributed by atoms with Crippen molar-refractivity contribution < 1.29 is 28.6 Å². The first kappa shape index (κ1) is 21.5. The molecule has 4 rings (SSSR count). The highest BCUT2D eigenvalue weighted by Crippen LogP contribution is 2.44. The number of Topliss-reactive ketones (excluding diaryl/α,β-unsaturated/α-hetero) is 1. The molecule has 1 amide bonds. The first-order valence-electron chi connectivity index (χ1n) is 9.72. The molecule has 1 fully saturated rings. The number of esters is 1. The summed E-state index contributed by atoms with van der Waals surface area (Å²) >= 11 is 0.933. The Morgan fingerprint density at radius 2 is 1.97 bits per heavy atom. The number of amides is 1. The molecule has 9 heteroatoms. The molecular formula is C23H20N2O6S. The van der Waals surface area contributed by atoms with Gasteiger partial charge in [0.25, 0.3) is 5.78 Å². The average molecular weight is 452 g/mol. The van der Waals surface area contributed by atoms with Crippen LogP contribution in [0, 0.1) is 20.8 Å². The summed E-state index contributed by atoms with van der Waals surface area (Å²) in [6.07, 6.45) is 1.42. The number of methoxy groups -OCH3 is 1. The Labute approximate surface area is 187 Å². The van der Waals surface area contributed by atoms with Crippen LogP contribution in [0.15, 0.2) is 46.6 Å². The maximum atomic E-state index is 13.1. The number of thiazole rings is 1. The Bertz CT molecular complexity index is 1270. The summed E-state index contributed by atoms with van der Waals surface area (Å²) in [5, 5.41) is 11.3. The molecule has 8 nitrogen and oxygen atoms in total. The summed E-state index contributed by atoms with van der Waals surface area (Å²) in [5.74, 6) is -2.34. The number of hydrogen-bond donors (Lipinski definition) is 1. The summed E-state index contributed by atoms with van der Waals surface area (Å²) in [4.78, 5) is 44.0. The number of carbonyl (C=O) groups excluding carboxylic acids is 3. The second-order valence-electron chi connectivity index (χ2n) is 7.41. The standard InChI is InChI=1S/C23H20N2O6S/c1-11-7-8-12(2)14(10-11)18(26)16-17(15-6-5-9-31-15)25(21(28)19(16)27)23-24-13(3)20(32-23)22(29)30-4/h5-10,17,26H,1-4H3/b18-16+. The molecule has 0 saturated carbocycles. The lowest BCUT2D eigenvalue weighted by atomic mass is 9.96. The van der Waals surface area contributed by atoms with Gasteiger partial charge in [0.1, 0.15) is 22.4 Å². The third kappa shape index (κ3) is 3.40. The van der Waals surface area contributed by atoms with Crippen LogP contribution in [0.2, 0.25) is 0 Å². The van der Waals surface area contributed by atoms with E-state index in [1.54, 1.807) is 32.0 Å². The van der Waals surface area contributed by atoms with Gasteiger partial charge in [-0.25, -0.2) is 9.78 Å². The SMILES string of the molecule is COC(=O)c1sc(N2C(=O)C(=O)/C(=C(/O)c3cc(C)ccc3C)C2c2ccco2)nc1C. The van der Waals surface area contributed by atoms with Crippen LogP contribution in [-0.2, 0) is 14.3 Å². The largest absolute Gasteiger partial charge is 0.507 e. The Hall–Kier alpha value is -3.72. The van der Waals surface area contributed by atoms with Crippen molar-refractivity contribution in [3.63, 3.8) is 0 Å². The highest BCUT2D eigenvalue weighted by molar-refractivity contribution is 7.17. The van der Waals surface area contributed by atoms with E-state index < -0.39 is 23.7 Å². The van der Waals surface area contributed by atoms with E-state index in [0.717, 1.165) is 27.4 Å². The van der Waals surface area contributed by atoms with E-state index in [-0.39, 0.29) is 27.1 Å². The summed E-state index contributed by atoms with van der Waals surface area (Å²) in [7, 11) is 1.25. The van der Waals surface area contributed by atoms with Crippen molar-refractivity contribution in [2.75, 3.05) is 12.0 Å². The van der Waals surface area contributed by atoms with Gasteiger partial charge in [0.05, 0.1) is 24.6 Å². The minimum atomic E-state index is -1.04. The van der Waals surface area contributed by atoms with Crippen LogP contribution in [-0.4, -0.2) is 34.9 Å². The highest BCUT2D eigenvalue weighted by Gasteiger charge is 2.49. The maximum absolute atomic E-state index is 13.1. The van der Waals surface area contributed by atoms with Gasteiger partial charge in [0.2, 0.25) is 0 Å². The molecule has 1 aromatic carbocycles. The van der Waals surface area contributed by atoms with E-state index in [9.17, 15) is 19.5 Å². The molecule has 0 bridgehead atoms. The summed E-state index contributed by atoms with van der Waals surface area (Å²) in [6.45, 7) is 5.28. The second-order valence-corrected chi connectivity index (χ2v) is 8.38. The zero-order valence-electron chi connectivity index (χ0n) is 17.8. The van der Waals surface area contributed by atoms with Crippen molar-refractivity contribution in [2.24, 2.45) is 0 Å². The molecule has 32 heavy (non-hydrogen) atoms. The van der Waals surface area contributed by atoms with Crippen molar-refractivity contribution in [2.45, 2.75) is 26.8 Å². The van der Waals surface area contributed by atoms with E-state index in [0.29, 0.717) is 11.3 Å². The predicted octanol–water partition coefficient (Wildman–Crippen LogP) is 4.07. The van der Waals surface area contributed by atoms with E-state index in [4.69, 9.17) is 9.15 Å². The van der Waals surface area contributed by atoms with Crippen molar-refractivity contribution >= 4 is 39.9 Å². The molecule has 1 unspecified atom stereocenters. The van der Waals surface area contributed by atoms with Gasteiger partial charge in [0, 0.05) is 5.56 Å². The Kier molecular flexibility index (Phi) is 5.43. The quantitative estimate of drug-likeness (QED) is 0.275. The maximum Gasteiger partial charge on any atom is 0.350 e. The molecular weight excluding hydrogens is 432 g/mol. The van der Waals surface area contributed by atoms with E-state index >= 15 is 0 Å². The predicted molar refractivity (Wildman–Crippen MR) is 118 cm³/mol. The lowest BCUT2D eigenvalue weighted by Gasteiger charge is -2.20. The van der Waals surface area contributed by atoms with Crippen molar-refractivity contribution in [3.05, 3.63) is 75.2 Å². The third-order valence-electron chi connectivity index (χ3n) is 5.27. The van der Waals surface area contributed by atoms with Gasteiger partial charge >= 0.3 is 11.9 Å². The van der Waals surface area contributed by atoms with E-state index in [1.165, 1.54) is 13.4 Å². The molecule has 0 radical (unpaired) electrons. The van der Waals surface area contributed by atoms with Gasteiger partial charge in [-0.05, 0) is 44.5 Å². The Morgan fingerprint density at radius 1 is 1.22 bits per heavy atom. The van der Waals surface area contributed by atoms with Gasteiger partial charge < -0.3 is 14.3 Å². The number of furan rings is 1. The number of aliphatic hydroxyl groups excluding tert-OH is 1. The number of carbonyl (C=O) groups is 3. The zero-order valence-corrected chi connectivity index (χ0v) is 18.6. The van der Waals surface area contributed by atoms with Crippen LogP contribution >= 0.6 is 11.3 Å². The number of ketones is 1. The number of anilines is 1. The number of aliphatic hydroxyl groups is 1. The minimum absolute atomic E-state index is 0.105. The lowest BCUT2D eigenvalue weighted by Crippen LogP contribution is -2.29. The van der Waals surface area contributed by atoms with Crippen LogP contribution in [0.1, 0.15) is 43.9 Å². The number of nitrogens with zero attached hydrogens (tertiary/aromatic N) is 2. The number of aromatic nitrogens is 1. The van der Waals surface area contributed by atoms with E-state index in [1.807, 2.05) is 19.1 Å². The fourth-order valence-electron chi connectivity index (χ4n) is 3.65. The van der Waals surface area contributed by atoms with Gasteiger partial charge in [-0.3, -0.25) is 14.5 Å². The van der Waals surface area contributed by atoms with Crippen molar-refractivity contribution in [1.29, 1.82) is 0 Å². The first-order chi connectivity index (χ1) is 15.2. The monoisotopic (exact) mass is 452 g/mol. The molecule has 3 heterocycles. The number of aryl methyl sites for hydroxylation is 3. The second kappa shape index (κ2) is 8.08. The fraction of sp³-hybridized carbons (Fsp3) is 0.217. The molecule has 2 aromatic heterocycles. The third-order valence-corrected chi connectivity index (χ3v) is 6.40. The number of benzene rings is 1. The summed E-state index contributed by atoms with van der Waals surface area (Å²) < 4.78 is 10.3. The topological polar surface area (TPSA) is 110 Å². The van der Waals surface area contributed by atoms with Gasteiger partial charge in [0.15, 0.2) is 5.13 Å². The minimum Gasteiger partial charge on any atom is -0.507 e. The molecule has 1 aliphatic rings. The normalized spacial score (nSPS) is 17.8. The number of ether oxygens (including phenoxy) is 1. The molecule has 0 aliphatic carbocycles. The fourth-order valence-corrected chi connectivity index (χ4v) is 4.66. The first-order valence-corrected chi connectivity index (χ1v) is 10.5. The van der Waals surface area contributed by atoms with Crippen LogP contribution in [0.3, 0.4) is 0 Å². The highest BCUT2D eigenvalue weighted by atomic mass is 32.1. The van der Waals surface area contributed by atoms with Gasteiger partial charge in [-0.1, -0.05) is 29.0 Å². The summed E-state index contributed by atoms with van der Waals surface area (Å²) in [6, 6.07) is 7.67. The Morgan fingerprint density at radius 3 is 2.62 bits per heavy atom. The lowest BCUT2D eigenvalue weighted by molar-refractivity contribution is -0.132. The molecule has 1 atom stereocenters. The molecule has 1 aliphatic heterocycles. The van der Waals surface area contributed by atoms with Crippen LogP contribution in [0.4, 0.5) is 5.13 Å². The Balaban J connectivity index is 1.94. The molecule has 0 spiro atoms. The number of rotatable bonds is 4. The smallest absolute Gasteiger partial charge is 0.350 e. The van der Waals surface area contributed by atoms with Crippen LogP contribution in [0.25, 0.3) is 5.76 Å². The van der Waals surface area contributed by atoms with Crippen molar-refractivity contribution in [3.8, 4) is 0 Å². The average Bonchev–Trinajstić information content (AvgIpc) is 3.48. The number of hydrogen-bond acceptors (Lipinski definition) is 8. The molecule has 164 valence electrons. The zero-order chi connectivity index (χ0) is 23.2.